The van der Waals surface area contributed by atoms with Gasteiger partial charge in [-0.15, -0.1) is 0 Å². The van der Waals surface area contributed by atoms with Crippen LogP contribution in [0.1, 0.15) is 32.6 Å². The molecule has 136 valence electrons. The van der Waals surface area contributed by atoms with Crippen molar-refractivity contribution in [3.63, 3.8) is 0 Å². The first-order valence-corrected chi connectivity index (χ1v) is 9.07. The number of rotatable bonds is 3. The fourth-order valence-electron chi connectivity index (χ4n) is 4.22. The lowest BCUT2D eigenvalue weighted by molar-refractivity contribution is -0.140. The second kappa shape index (κ2) is 6.23. The Labute approximate surface area is 151 Å². The Morgan fingerprint density at radius 3 is 2.73 bits per heavy atom. The van der Waals surface area contributed by atoms with Gasteiger partial charge < -0.3 is 14.5 Å². The van der Waals surface area contributed by atoms with Gasteiger partial charge in [0, 0.05) is 25.7 Å². The molecule has 1 unspecified atom stereocenters. The minimum atomic E-state index is -1.26. The molecule has 26 heavy (non-hydrogen) atoms. The topological polar surface area (TPSA) is 79.3 Å². The van der Waals surface area contributed by atoms with Crippen LogP contribution in [0.15, 0.2) is 40.7 Å². The normalized spacial score (nSPS) is 27.5. The quantitative estimate of drug-likeness (QED) is 0.561. The number of hydrogen-bond acceptors (Lipinski definition) is 6. The molecule has 4 aliphatic rings. The van der Waals surface area contributed by atoms with Crippen LogP contribution in [0.3, 0.4) is 0 Å². The molecule has 0 aromatic heterocycles. The number of Topliss-reactive ketones (excluding diaryl/α,β-unsaturated/α-hetero) is 1. The number of likely N-dealkylation sites (tertiary alicyclic amines) is 1. The summed E-state index contributed by atoms with van der Waals surface area (Å²) in [6, 6.07) is 0. The third-order valence-corrected chi connectivity index (χ3v) is 5.30. The molecule has 0 aromatic rings. The first kappa shape index (κ1) is 16.8. The van der Waals surface area contributed by atoms with Crippen molar-refractivity contribution in [2.75, 3.05) is 19.7 Å². The van der Waals surface area contributed by atoms with Gasteiger partial charge in [-0.2, -0.15) is 4.99 Å². The van der Waals surface area contributed by atoms with Crippen molar-refractivity contribution in [1.82, 2.24) is 9.80 Å². The maximum absolute atomic E-state index is 13.0. The molecule has 1 amide bonds. The van der Waals surface area contributed by atoms with E-state index in [1.165, 1.54) is 0 Å². The van der Waals surface area contributed by atoms with Gasteiger partial charge in [-0.1, -0.05) is 6.08 Å². The van der Waals surface area contributed by atoms with E-state index < -0.39 is 17.4 Å². The van der Waals surface area contributed by atoms with Gasteiger partial charge in [0.1, 0.15) is 11.4 Å². The summed E-state index contributed by atoms with van der Waals surface area (Å²) in [4.78, 5) is 46.4. The number of ketones is 1. The molecule has 0 aromatic carbocycles. The Kier molecular flexibility index (Phi) is 4.01. The molecule has 0 N–H and O–H groups in total. The van der Waals surface area contributed by atoms with E-state index in [4.69, 9.17) is 4.74 Å². The lowest BCUT2D eigenvalue weighted by Crippen LogP contribution is -2.54. The highest BCUT2D eigenvalue weighted by atomic mass is 16.5. The second-order valence-electron chi connectivity index (χ2n) is 6.80. The Balaban J connectivity index is 1.88. The molecule has 3 aliphatic heterocycles. The maximum atomic E-state index is 13.0. The number of nitrogens with zero attached hydrogens (tertiary/aromatic N) is 3. The summed E-state index contributed by atoms with van der Waals surface area (Å²) in [6.45, 7) is 3.30. The van der Waals surface area contributed by atoms with Gasteiger partial charge in [0.2, 0.25) is 0 Å². The summed E-state index contributed by atoms with van der Waals surface area (Å²) < 4.78 is 5.15. The van der Waals surface area contributed by atoms with E-state index in [0.717, 1.165) is 19.3 Å². The first-order valence-electron chi connectivity index (χ1n) is 9.07. The number of ether oxygens (including phenoxy) is 1. The summed E-state index contributed by atoms with van der Waals surface area (Å²) in [5, 5.41) is 0. The van der Waals surface area contributed by atoms with Crippen LogP contribution in [0.2, 0.25) is 0 Å². The Morgan fingerprint density at radius 1 is 1.23 bits per heavy atom. The molecule has 1 saturated heterocycles. The van der Waals surface area contributed by atoms with Crippen LogP contribution >= 0.6 is 0 Å². The van der Waals surface area contributed by atoms with Crippen LogP contribution in [-0.4, -0.2) is 58.5 Å². The zero-order valence-corrected chi connectivity index (χ0v) is 14.7. The van der Waals surface area contributed by atoms with E-state index in [0.29, 0.717) is 24.6 Å². The van der Waals surface area contributed by atoms with Crippen molar-refractivity contribution >= 4 is 23.5 Å². The minimum absolute atomic E-state index is 0.0153. The molecule has 1 aliphatic carbocycles. The largest absolute Gasteiger partial charge is 0.462 e. The van der Waals surface area contributed by atoms with Crippen molar-refractivity contribution in [2.45, 2.75) is 38.1 Å². The highest BCUT2D eigenvalue weighted by molar-refractivity contribution is 6.26. The number of esters is 1. The fourth-order valence-corrected chi connectivity index (χ4v) is 4.22. The molecule has 0 radical (unpaired) electrons. The number of amidine groups is 1. The molecule has 3 heterocycles. The number of fused-ring (bicyclic) bond motifs is 2. The highest BCUT2D eigenvalue weighted by Crippen LogP contribution is 2.46. The average Bonchev–Trinajstić information content (AvgIpc) is 3.11. The second-order valence-corrected chi connectivity index (χ2v) is 6.80. The Hall–Kier alpha value is -2.70. The van der Waals surface area contributed by atoms with Gasteiger partial charge in [0.25, 0.3) is 5.91 Å². The van der Waals surface area contributed by atoms with Gasteiger partial charge in [0.05, 0.1) is 12.3 Å². The van der Waals surface area contributed by atoms with Crippen molar-refractivity contribution in [3.8, 4) is 0 Å². The van der Waals surface area contributed by atoms with E-state index in [-0.39, 0.29) is 24.4 Å². The van der Waals surface area contributed by atoms with Crippen LogP contribution in [0.5, 0.6) is 0 Å². The van der Waals surface area contributed by atoms with Gasteiger partial charge in [-0.25, -0.2) is 4.79 Å². The van der Waals surface area contributed by atoms with Crippen LogP contribution < -0.4 is 0 Å². The zero-order chi connectivity index (χ0) is 18.3. The standard InChI is InChI=1S/C19H21N3O4/c1-2-26-17(24)15-13(23)12-19(16(15)21-9-5-3-6-10-21)18(25)20-14-8-4-7-11-22(14)19/h4,7-8,11H,2-3,5-6,9-10,12H2,1H3. The van der Waals surface area contributed by atoms with E-state index in [1.807, 2.05) is 4.90 Å². The van der Waals surface area contributed by atoms with Gasteiger partial charge in [-0.3, -0.25) is 9.59 Å². The highest BCUT2D eigenvalue weighted by Gasteiger charge is 2.61. The van der Waals surface area contributed by atoms with Crippen molar-refractivity contribution < 1.29 is 19.1 Å². The summed E-state index contributed by atoms with van der Waals surface area (Å²) in [7, 11) is 0. The lowest BCUT2D eigenvalue weighted by atomic mass is 9.91. The minimum Gasteiger partial charge on any atom is -0.462 e. The molecule has 4 rings (SSSR count). The van der Waals surface area contributed by atoms with E-state index in [9.17, 15) is 14.4 Å². The van der Waals surface area contributed by atoms with Crippen LogP contribution in [-0.2, 0) is 19.1 Å². The lowest BCUT2D eigenvalue weighted by Gasteiger charge is -2.41. The molecule has 7 nitrogen and oxygen atoms in total. The number of carbonyl (C=O) groups is 3. The van der Waals surface area contributed by atoms with Gasteiger partial charge >= 0.3 is 5.97 Å². The Bertz CT molecular complexity index is 802. The molecule has 0 bridgehead atoms. The number of piperidine rings is 1. The van der Waals surface area contributed by atoms with Gasteiger partial charge in [-0.05, 0) is 38.3 Å². The molecule has 7 heteroatoms. The SMILES string of the molecule is CCOC(=O)C1=C(N2CCCCC2)C2(CC1=O)C(=O)N=C1C=CC=CN12. The van der Waals surface area contributed by atoms with Crippen molar-refractivity contribution in [2.24, 2.45) is 4.99 Å². The van der Waals surface area contributed by atoms with E-state index in [2.05, 4.69) is 4.99 Å². The monoisotopic (exact) mass is 355 g/mol. The average molecular weight is 355 g/mol. The molecular weight excluding hydrogens is 334 g/mol. The smallest absolute Gasteiger partial charge is 0.343 e. The molecule has 1 fully saturated rings. The van der Waals surface area contributed by atoms with Crippen LogP contribution in [0.25, 0.3) is 0 Å². The van der Waals surface area contributed by atoms with Crippen LogP contribution in [0.4, 0.5) is 0 Å². The predicted octanol–water partition coefficient (Wildman–Crippen LogP) is 1.33. The summed E-state index contributed by atoms with van der Waals surface area (Å²) in [6.07, 6.45) is 10.0. The fraction of sp³-hybridized carbons (Fsp3) is 0.474. The molecular formula is C19H21N3O4. The summed E-state index contributed by atoms with van der Waals surface area (Å²) >= 11 is 0. The van der Waals surface area contributed by atoms with Crippen LogP contribution in [0, 0.1) is 0 Å². The third kappa shape index (κ3) is 2.26. The molecule has 0 saturated carbocycles. The number of carbonyl (C=O) groups excluding carboxylic acids is 3. The van der Waals surface area contributed by atoms with Crippen molar-refractivity contribution in [3.05, 3.63) is 35.7 Å². The Morgan fingerprint density at radius 2 is 2.00 bits per heavy atom. The maximum Gasteiger partial charge on any atom is 0.343 e. The van der Waals surface area contributed by atoms with E-state index in [1.54, 1.807) is 36.3 Å². The first-order chi connectivity index (χ1) is 12.6. The van der Waals surface area contributed by atoms with E-state index >= 15 is 0 Å². The predicted molar refractivity (Wildman–Crippen MR) is 94.0 cm³/mol. The van der Waals surface area contributed by atoms with Gasteiger partial charge in [0.15, 0.2) is 11.3 Å². The van der Waals surface area contributed by atoms with Crippen molar-refractivity contribution in [1.29, 1.82) is 0 Å². The third-order valence-electron chi connectivity index (χ3n) is 5.30. The molecule has 1 atom stereocenters. The number of hydrogen-bond donors (Lipinski definition) is 0. The number of aliphatic imine (C=N–C) groups is 1. The zero-order valence-electron chi connectivity index (χ0n) is 14.7. The summed E-state index contributed by atoms with van der Waals surface area (Å²) in [5.41, 5.74) is -0.765. The number of amides is 1. The number of allylic oxidation sites excluding steroid dienone is 2. The molecule has 1 spiro atoms. The summed E-state index contributed by atoms with van der Waals surface area (Å²) in [5.74, 6) is -0.883.